The molecule has 0 radical (unpaired) electrons. The second-order valence-corrected chi connectivity index (χ2v) is 3.83. The van der Waals surface area contributed by atoms with Crippen molar-refractivity contribution >= 4 is 26.7 Å². The van der Waals surface area contributed by atoms with Crippen molar-refractivity contribution in [1.29, 1.82) is 0 Å². The summed E-state index contributed by atoms with van der Waals surface area (Å²) in [5, 5.41) is 2.19. The van der Waals surface area contributed by atoms with E-state index in [2.05, 4.69) is 27.0 Å². The number of pyridine rings is 1. The highest BCUT2D eigenvalue weighted by Crippen LogP contribution is 2.25. The van der Waals surface area contributed by atoms with Gasteiger partial charge in [0.05, 0.1) is 6.61 Å². The predicted octanol–water partition coefficient (Wildman–Crippen LogP) is 3.40. The Morgan fingerprint density at radius 2 is 2.21 bits per heavy atom. The first-order valence-corrected chi connectivity index (χ1v) is 5.27. The maximum atomic E-state index is 5.43. The molecule has 0 aliphatic heterocycles. The van der Waals surface area contributed by atoms with E-state index in [1.807, 2.05) is 25.1 Å². The van der Waals surface area contributed by atoms with Crippen LogP contribution in [0.4, 0.5) is 0 Å². The van der Waals surface area contributed by atoms with Gasteiger partial charge < -0.3 is 4.74 Å². The molecule has 1 heterocycles. The number of nitrogens with zero attached hydrogens (tertiary/aromatic N) is 1. The van der Waals surface area contributed by atoms with Crippen LogP contribution in [0.3, 0.4) is 0 Å². The maximum absolute atomic E-state index is 5.43. The molecule has 0 aliphatic rings. The van der Waals surface area contributed by atoms with Gasteiger partial charge in [0.25, 0.3) is 0 Å². The first kappa shape index (κ1) is 9.46. The molecule has 0 aliphatic carbocycles. The van der Waals surface area contributed by atoms with E-state index in [1.54, 1.807) is 6.20 Å². The van der Waals surface area contributed by atoms with Crippen molar-refractivity contribution in [3.63, 3.8) is 0 Å². The van der Waals surface area contributed by atoms with E-state index in [9.17, 15) is 0 Å². The van der Waals surface area contributed by atoms with Crippen LogP contribution in [0, 0.1) is 0 Å². The molecule has 1 aromatic heterocycles. The van der Waals surface area contributed by atoms with Crippen LogP contribution in [0.2, 0.25) is 0 Å². The molecule has 0 amide bonds. The van der Waals surface area contributed by atoms with Crippen LogP contribution < -0.4 is 4.74 Å². The largest absolute Gasteiger partial charge is 0.478 e. The smallest absolute Gasteiger partial charge is 0.221 e. The molecule has 0 unspecified atom stereocenters. The second-order valence-electron chi connectivity index (χ2n) is 2.91. The van der Waals surface area contributed by atoms with Gasteiger partial charge in [-0.15, -0.1) is 0 Å². The van der Waals surface area contributed by atoms with Crippen LogP contribution >= 0.6 is 15.9 Å². The molecular formula is C11H10BrNO. The highest BCUT2D eigenvalue weighted by atomic mass is 79.9. The lowest BCUT2D eigenvalue weighted by Gasteiger charge is -2.05. The summed E-state index contributed by atoms with van der Waals surface area (Å²) in [7, 11) is 0. The van der Waals surface area contributed by atoms with Crippen LogP contribution in [0.5, 0.6) is 5.88 Å². The zero-order valence-electron chi connectivity index (χ0n) is 7.83. The van der Waals surface area contributed by atoms with Gasteiger partial charge >= 0.3 is 0 Å². The minimum absolute atomic E-state index is 0.641. The minimum Gasteiger partial charge on any atom is -0.478 e. The van der Waals surface area contributed by atoms with Crippen molar-refractivity contribution in [2.24, 2.45) is 0 Å². The number of hydrogen-bond acceptors (Lipinski definition) is 2. The Morgan fingerprint density at radius 1 is 1.36 bits per heavy atom. The zero-order valence-corrected chi connectivity index (χ0v) is 9.41. The normalized spacial score (nSPS) is 10.4. The monoisotopic (exact) mass is 251 g/mol. The number of rotatable bonds is 2. The number of halogens is 1. The fourth-order valence-electron chi connectivity index (χ4n) is 1.37. The summed E-state index contributed by atoms with van der Waals surface area (Å²) in [4.78, 5) is 4.19. The third kappa shape index (κ3) is 1.73. The van der Waals surface area contributed by atoms with E-state index >= 15 is 0 Å². The molecule has 2 nitrogen and oxygen atoms in total. The van der Waals surface area contributed by atoms with Gasteiger partial charge in [-0.2, -0.15) is 0 Å². The highest BCUT2D eigenvalue weighted by molar-refractivity contribution is 9.10. The predicted molar refractivity (Wildman–Crippen MR) is 60.6 cm³/mol. The Hall–Kier alpha value is -1.09. The van der Waals surface area contributed by atoms with E-state index in [0.29, 0.717) is 12.5 Å². The summed E-state index contributed by atoms with van der Waals surface area (Å²) < 4.78 is 6.50. The summed E-state index contributed by atoms with van der Waals surface area (Å²) in [5.74, 6) is 0.706. The van der Waals surface area contributed by atoms with Crippen LogP contribution in [0.1, 0.15) is 6.92 Å². The fraction of sp³-hybridized carbons (Fsp3) is 0.182. The molecule has 1 aromatic carbocycles. The molecule has 0 fully saturated rings. The van der Waals surface area contributed by atoms with Crippen molar-refractivity contribution in [1.82, 2.24) is 4.98 Å². The molecule has 0 atom stereocenters. The van der Waals surface area contributed by atoms with Gasteiger partial charge in [-0.1, -0.05) is 15.9 Å². The number of fused-ring (bicyclic) bond motifs is 1. The van der Waals surface area contributed by atoms with E-state index in [0.717, 1.165) is 15.2 Å². The van der Waals surface area contributed by atoms with E-state index in [4.69, 9.17) is 4.74 Å². The summed E-state index contributed by atoms with van der Waals surface area (Å²) >= 11 is 3.43. The first-order chi connectivity index (χ1) is 6.81. The van der Waals surface area contributed by atoms with Gasteiger partial charge in [0.15, 0.2) is 0 Å². The standard InChI is InChI=1S/C11H10BrNO/c1-2-14-11-10-4-3-9(12)7-8(10)5-6-13-11/h3-7H,2H2,1H3. The zero-order chi connectivity index (χ0) is 9.97. The topological polar surface area (TPSA) is 22.1 Å². The van der Waals surface area contributed by atoms with Crippen LogP contribution in [-0.4, -0.2) is 11.6 Å². The second kappa shape index (κ2) is 3.96. The molecule has 2 aromatic rings. The average molecular weight is 252 g/mol. The van der Waals surface area contributed by atoms with Crippen LogP contribution in [-0.2, 0) is 0 Å². The molecule has 0 N–H and O–H groups in total. The van der Waals surface area contributed by atoms with Crippen molar-refractivity contribution < 1.29 is 4.74 Å². The molecule has 0 bridgehead atoms. The lowest BCUT2D eigenvalue weighted by Crippen LogP contribution is -1.94. The van der Waals surface area contributed by atoms with Crippen LogP contribution in [0.15, 0.2) is 34.9 Å². The molecule has 0 saturated carbocycles. The van der Waals surface area contributed by atoms with Crippen LogP contribution in [0.25, 0.3) is 10.8 Å². The van der Waals surface area contributed by atoms with E-state index < -0.39 is 0 Å². The van der Waals surface area contributed by atoms with Gasteiger partial charge in [0.2, 0.25) is 5.88 Å². The van der Waals surface area contributed by atoms with Gasteiger partial charge in [-0.25, -0.2) is 4.98 Å². The van der Waals surface area contributed by atoms with Gasteiger partial charge in [-0.05, 0) is 36.6 Å². The Morgan fingerprint density at radius 3 is 3.00 bits per heavy atom. The summed E-state index contributed by atoms with van der Waals surface area (Å²) in [5.41, 5.74) is 0. The fourth-order valence-corrected chi connectivity index (χ4v) is 1.75. The molecule has 14 heavy (non-hydrogen) atoms. The minimum atomic E-state index is 0.641. The highest BCUT2D eigenvalue weighted by Gasteiger charge is 2.02. The SMILES string of the molecule is CCOc1nccc2cc(Br)ccc12. The van der Waals surface area contributed by atoms with Gasteiger partial charge in [0, 0.05) is 16.1 Å². The summed E-state index contributed by atoms with van der Waals surface area (Å²) in [6, 6.07) is 8.03. The van der Waals surface area contributed by atoms with Gasteiger partial charge in [0.1, 0.15) is 0 Å². The Labute approximate surface area is 91.0 Å². The molecule has 3 heteroatoms. The average Bonchev–Trinajstić information content (AvgIpc) is 2.18. The number of aromatic nitrogens is 1. The lowest BCUT2D eigenvalue weighted by atomic mass is 10.2. The van der Waals surface area contributed by atoms with Crippen molar-refractivity contribution in [2.45, 2.75) is 6.92 Å². The van der Waals surface area contributed by atoms with Gasteiger partial charge in [-0.3, -0.25) is 0 Å². The number of hydrogen-bond donors (Lipinski definition) is 0. The third-order valence-electron chi connectivity index (χ3n) is 1.97. The third-order valence-corrected chi connectivity index (χ3v) is 2.46. The molecular weight excluding hydrogens is 242 g/mol. The van der Waals surface area contributed by atoms with Crippen molar-refractivity contribution in [2.75, 3.05) is 6.61 Å². The summed E-state index contributed by atoms with van der Waals surface area (Å²) in [6.45, 7) is 2.60. The van der Waals surface area contributed by atoms with E-state index in [1.165, 1.54) is 0 Å². The lowest BCUT2D eigenvalue weighted by molar-refractivity contribution is 0.331. The van der Waals surface area contributed by atoms with E-state index in [-0.39, 0.29) is 0 Å². The number of benzene rings is 1. The Kier molecular flexibility index (Phi) is 2.68. The van der Waals surface area contributed by atoms with Crippen molar-refractivity contribution in [3.8, 4) is 5.88 Å². The quantitative estimate of drug-likeness (QED) is 0.817. The molecule has 0 saturated heterocycles. The summed E-state index contributed by atoms with van der Waals surface area (Å²) in [6.07, 6.45) is 1.76. The first-order valence-electron chi connectivity index (χ1n) is 4.48. The van der Waals surface area contributed by atoms with Crippen molar-refractivity contribution in [3.05, 3.63) is 34.9 Å². The Bertz CT molecular complexity index is 456. The molecule has 72 valence electrons. The molecule has 2 rings (SSSR count). The molecule has 0 spiro atoms. The maximum Gasteiger partial charge on any atom is 0.221 e. The Balaban J connectivity index is 2.62. The number of ether oxygens (including phenoxy) is 1.